The molecule has 0 aliphatic heterocycles. The fourth-order valence-electron chi connectivity index (χ4n) is 3.16. The van der Waals surface area contributed by atoms with Crippen LogP contribution in [-0.4, -0.2) is 23.2 Å². The minimum atomic E-state index is -0.436. The fraction of sp³-hybridized carbons (Fsp3) is 0.706. The van der Waals surface area contributed by atoms with Crippen molar-refractivity contribution in [1.29, 1.82) is 0 Å². The van der Waals surface area contributed by atoms with Crippen LogP contribution < -0.4 is 4.90 Å². The number of pyridine rings is 1. The molecule has 1 aromatic rings. The molecule has 0 saturated heterocycles. The molecule has 3 heteroatoms. The Hall–Kier alpha value is -1.09. The van der Waals surface area contributed by atoms with Crippen molar-refractivity contribution in [3.63, 3.8) is 0 Å². The van der Waals surface area contributed by atoms with Crippen LogP contribution in [0.1, 0.15) is 64.2 Å². The number of nitrogens with zero attached hydrogens (tertiary/aromatic N) is 2. The van der Waals surface area contributed by atoms with Crippen LogP contribution in [0.2, 0.25) is 0 Å². The fourth-order valence-corrected chi connectivity index (χ4v) is 3.16. The van der Waals surface area contributed by atoms with Gasteiger partial charge in [0.15, 0.2) is 0 Å². The van der Waals surface area contributed by atoms with Crippen LogP contribution in [0.15, 0.2) is 18.3 Å². The Morgan fingerprint density at radius 2 is 1.95 bits per heavy atom. The highest BCUT2D eigenvalue weighted by molar-refractivity contribution is 5.45. The topological polar surface area (TPSA) is 36.4 Å². The molecule has 1 atom stereocenters. The summed E-state index contributed by atoms with van der Waals surface area (Å²) in [4.78, 5) is 6.77. The summed E-state index contributed by atoms with van der Waals surface area (Å²) < 4.78 is 0. The highest BCUT2D eigenvalue weighted by atomic mass is 16.3. The molecule has 1 aromatic heterocycles. The first-order valence-corrected chi connectivity index (χ1v) is 8.02. The van der Waals surface area contributed by atoms with Crippen LogP contribution in [0.3, 0.4) is 0 Å². The van der Waals surface area contributed by atoms with E-state index in [9.17, 15) is 5.11 Å². The predicted octanol–water partition coefficient (Wildman–Crippen LogP) is 3.93. The molecule has 1 unspecified atom stereocenters. The average molecular weight is 276 g/mol. The summed E-state index contributed by atoms with van der Waals surface area (Å²) in [5, 5.41) is 9.79. The maximum Gasteiger partial charge on any atom is 0.0957 e. The molecular formula is C17H28N2O. The molecule has 0 amide bonds. The van der Waals surface area contributed by atoms with Gasteiger partial charge in [0, 0.05) is 13.1 Å². The van der Waals surface area contributed by atoms with Gasteiger partial charge in [-0.05, 0) is 50.2 Å². The number of anilines is 1. The summed E-state index contributed by atoms with van der Waals surface area (Å²) in [6.45, 7) is 4.27. The van der Waals surface area contributed by atoms with Crippen molar-refractivity contribution >= 4 is 5.69 Å². The Kier molecular flexibility index (Phi) is 5.41. The maximum absolute atomic E-state index is 9.79. The lowest BCUT2D eigenvalue weighted by molar-refractivity contribution is 0.169. The van der Waals surface area contributed by atoms with Gasteiger partial charge in [-0.3, -0.25) is 4.98 Å². The van der Waals surface area contributed by atoms with Gasteiger partial charge in [0.05, 0.1) is 23.7 Å². The molecule has 1 N–H and O–H groups in total. The van der Waals surface area contributed by atoms with E-state index >= 15 is 0 Å². The molecular weight excluding hydrogens is 248 g/mol. The molecule has 20 heavy (non-hydrogen) atoms. The van der Waals surface area contributed by atoms with Crippen molar-refractivity contribution in [3.8, 4) is 0 Å². The van der Waals surface area contributed by atoms with Gasteiger partial charge in [0.1, 0.15) is 0 Å². The molecule has 3 nitrogen and oxygen atoms in total. The van der Waals surface area contributed by atoms with Gasteiger partial charge >= 0.3 is 0 Å². The average Bonchev–Trinajstić information content (AvgIpc) is 2.53. The Morgan fingerprint density at radius 1 is 1.25 bits per heavy atom. The second kappa shape index (κ2) is 7.07. The van der Waals surface area contributed by atoms with Gasteiger partial charge in [-0.2, -0.15) is 0 Å². The lowest BCUT2D eigenvalue weighted by Crippen LogP contribution is -2.35. The standard InChI is InChI=1S/C17H28N2O/c1-4-13-6-8-14(9-7-13)19(3)15-10-11-16(18-12-15)17(20)5-2/h10-14,17,20H,4-9H2,1-3H3. The van der Waals surface area contributed by atoms with E-state index in [-0.39, 0.29) is 0 Å². The van der Waals surface area contributed by atoms with E-state index in [1.807, 2.05) is 19.2 Å². The van der Waals surface area contributed by atoms with E-state index in [1.54, 1.807) is 0 Å². The number of hydrogen-bond acceptors (Lipinski definition) is 3. The first-order chi connectivity index (χ1) is 9.65. The third kappa shape index (κ3) is 3.51. The Morgan fingerprint density at radius 3 is 2.45 bits per heavy atom. The van der Waals surface area contributed by atoms with Gasteiger partial charge in [-0.15, -0.1) is 0 Å². The monoisotopic (exact) mass is 276 g/mol. The molecule has 0 aromatic carbocycles. The van der Waals surface area contributed by atoms with Crippen molar-refractivity contribution in [2.45, 2.75) is 64.5 Å². The predicted molar refractivity (Wildman–Crippen MR) is 83.9 cm³/mol. The highest BCUT2D eigenvalue weighted by Crippen LogP contribution is 2.31. The molecule has 1 aliphatic carbocycles. The summed E-state index contributed by atoms with van der Waals surface area (Å²) in [6.07, 6.45) is 8.78. The van der Waals surface area contributed by atoms with Crippen LogP contribution in [0.4, 0.5) is 5.69 Å². The van der Waals surface area contributed by atoms with Crippen molar-refractivity contribution in [2.24, 2.45) is 5.92 Å². The van der Waals surface area contributed by atoms with Crippen molar-refractivity contribution < 1.29 is 5.11 Å². The third-order valence-electron chi connectivity index (χ3n) is 4.85. The summed E-state index contributed by atoms with van der Waals surface area (Å²) in [5.74, 6) is 0.930. The van der Waals surface area contributed by atoms with Crippen molar-refractivity contribution in [2.75, 3.05) is 11.9 Å². The molecule has 1 fully saturated rings. The van der Waals surface area contributed by atoms with Gasteiger partial charge in [0.2, 0.25) is 0 Å². The molecule has 112 valence electrons. The summed E-state index contributed by atoms with van der Waals surface area (Å²) in [7, 11) is 2.17. The number of aromatic nitrogens is 1. The van der Waals surface area contributed by atoms with E-state index in [0.717, 1.165) is 17.3 Å². The zero-order valence-corrected chi connectivity index (χ0v) is 13.0. The Bertz CT molecular complexity index is 396. The first kappa shape index (κ1) is 15.3. The lowest BCUT2D eigenvalue weighted by Gasteiger charge is -2.35. The van der Waals surface area contributed by atoms with Gasteiger partial charge in [-0.25, -0.2) is 0 Å². The molecule has 0 spiro atoms. The summed E-state index contributed by atoms with van der Waals surface area (Å²) >= 11 is 0. The molecule has 1 heterocycles. The van der Waals surface area contributed by atoms with Gasteiger partial charge in [0.25, 0.3) is 0 Å². The van der Waals surface area contributed by atoms with E-state index in [2.05, 4.69) is 29.9 Å². The SMILES string of the molecule is CCC1CCC(N(C)c2ccc(C(O)CC)nc2)CC1. The normalized spacial score (nSPS) is 24.4. The van der Waals surface area contributed by atoms with Crippen molar-refractivity contribution in [3.05, 3.63) is 24.0 Å². The lowest BCUT2D eigenvalue weighted by atomic mass is 9.84. The maximum atomic E-state index is 9.79. The van der Waals surface area contributed by atoms with Crippen LogP contribution in [0.5, 0.6) is 0 Å². The second-order valence-electron chi connectivity index (χ2n) is 6.06. The van der Waals surface area contributed by atoms with E-state index < -0.39 is 6.10 Å². The van der Waals surface area contributed by atoms with Crippen LogP contribution in [-0.2, 0) is 0 Å². The van der Waals surface area contributed by atoms with E-state index in [0.29, 0.717) is 12.5 Å². The van der Waals surface area contributed by atoms with E-state index in [1.165, 1.54) is 32.1 Å². The van der Waals surface area contributed by atoms with Crippen LogP contribution in [0.25, 0.3) is 0 Å². The van der Waals surface area contributed by atoms with Gasteiger partial charge < -0.3 is 10.0 Å². The molecule has 0 bridgehead atoms. The largest absolute Gasteiger partial charge is 0.387 e. The first-order valence-electron chi connectivity index (χ1n) is 8.02. The smallest absolute Gasteiger partial charge is 0.0957 e. The summed E-state index contributed by atoms with van der Waals surface area (Å²) in [6, 6.07) is 4.69. The zero-order valence-electron chi connectivity index (χ0n) is 13.0. The minimum Gasteiger partial charge on any atom is -0.387 e. The molecule has 1 saturated carbocycles. The Balaban J connectivity index is 1.97. The minimum absolute atomic E-state index is 0.436. The third-order valence-corrected chi connectivity index (χ3v) is 4.85. The molecule has 0 radical (unpaired) electrons. The number of aliphatic hydroxyl groups excluding tert-OH is 1. The Labute approximate surface area is 123 Å². The molecule has 1 aliphatic rings. The number of rotatable bonds is 5. The highest BCUT2D eigenvalue weighted by Gasteiger charge is 2.23. The second-order valence-corrected chi connectivity index (χ2v) is 6.06. The van der Waals surface area contributed by atoms with Gasteiger partial charge in [-0.1, -0.05) is 20.3 Å². The number of hydrogen-bond donors (Lipinski definition) is 1. The summed E-state index contributed by atoms with van der Waals surface area (Å²) in [5.41, 5.74) is 1.94. The van der Waals surface area contributed by atoms with E-state index in [4.69, 9.17) is 0 Å². The van der Waals surface area contributed by atoms with Crippen molar-refractivity contribution in [1.82, 2.24) is 4.98 Å². The molecule has 2 rings (SSSR count). The van der Waals surface area contributed by atoms with Crippen LogP contribution >= 0.6 is 0 Å². The number of aliphatic hydroxyl groups is 1. The zero-order chi connectivity index (χ0) is 14.5. The van der Waals surface area contributed by atoms with Crippen LogP contribution in [0, 0.1) is 5.92 Å². The quantitative estimate of drug-likeness (QED) is 0.885.